The number of anilines is 2. The van der Waals surface area contributed by atoms with Crippen LogP contribution in [0.2, 0.25) is 0 Å². The van der Waals surface area contributed by atoms with Crippen molar-refractivity contribution in [1.82, 2.24) is 0 Å². The molecule has 3 N–H and O–H groups in total. The fourth-order valence-electron chi connectivity index (χ4n) is 3.16. The Morgan fingerprint density at radius 1 is 1.35 bits per heavy atom. The lowest BCUT2D eigenvalue weighted by atomic mass is 9.84. The Bertz CT molecular complexity index is 479. The van der Waals surface area contributed by atoms with E-state index in [1.807, 2.05) is 7.05 Å². The lowest BCUT2D eigenvalue weighted by Gasteiger charge is -2.36. The predicted octanol–water partition coefficient (Wildman–Crippen LogP) is 3.37. The first kappa shape index (κ1) is 14.7. The quantitative estimate of drug-likeness (QED) is 0.827. The number of carbonyl (C=O) groups is 1. The fourth-order valence-corrected chi connectivity index (χ4v) is 3.16. The average molecular weight is 276 g/mol. The van der Waals surface area contributed by atoms with Crippen molar-refractivity contribution >= 4 is 17.3 Å². The molecule has 1 aliphatic carbocycles. The van der Waals surface area contributed by atoms with Gasteiger partial charge in [0.1, 0.15) is 0 Å². The Balaban J connectivity index is 2.18. The number of nitrogen functional groups attached to an aromatic ring is 1. The number of nitrogens with zero attached hydrogens (tertiary/aromatic N) is 1. The molecular weight excluding hydrogens is 252 g/mol. The summed E-state index contributed by atoms with van der Waals surface area (Å²) < 4.78 is 0. The molecule has 4 heteroatoms. The number of carboxylic acids is 1. The molecule has 4 nitrogen and oxygen atoms in total. The zero-order chi connectivity index (χ0) is 14.7. The van der Waals surface area contributed by atoms with E-state index in [2.05, 4.69) is 11.8 Å². The molecule has 0 aromatic heterocycles. The van der Waals surface area contributed by atoms with Crippen LogP contribution in [0.25, 0.3) is 0 Å². The third-order valence-electron chi connectivity index (χ3n) is 4.57. The van der Waals surface area contributed by atoms with Crippen LogP contribution in [0.3, 0.4) is 0 Å². The monoisotopic (exact) mass is 276 g/mol. The fraction of sp³-hybridized carbons (Fsp3) is 0.562. The SMILES string of the molecule is CCC1CCC(N(C)c2cc(N)ccc2C(=O)O)CC1. The summed E-state index contributed by atoms with van der Waals surface area (Å²) in [7, 11) is 1.98. The van der Waals surface area contributed by atoms with Crippen LogP contribution < -0.4 is 10.6 Å². The number of hydrogen-bond acceptors (Lipinski definition) is 3. The maximum absolute atomic E-state index is 11.4. The molecule has 0 saturated heterocycles. The Hall–Kier alpha value is -1.71. The van der Waals surface area contributed by atoms with Gasteiger partial charge in [-0.15, -0.1) is 0 Å². The minimum absolute atomic E-state index is 0.333. The molecule has 110 valence electrons. The van der Waals surface area contributed by atoms with Crippen LogP contribution in [0.15, 0.2) is 18.2 Å². The molecule has 0 heterocycles. The van der Waals surface area contributed by atoms with Gasteiger partial charge in [0, 0.05) is 18.8 Å². The predicted molar refractivity (Wildman–Crippen MR) is 82.3 cm³/mol. The second-order valence-electron chi connectivity index (χ2n) is 5.78. The van der Waals surface area contributed by atoms with Crippen LogP contribution in [0.1, 0.15) is 49.4 Å². The second-order valence-corrected chi connectivity index (χ2v) is 5.78. The third-order valence-corrected chi connectivity index (χ3v) is 4.57. The van der Waals surface area contributed by atoms with Crippen molar-refractivity contribution in [2.45, 2.75) is 45.1 Å². The lowest BCUT2D eigenvalue weighted by molar-refractivity contribution is 0.0697. The second kappa shape index (κ2) is 6.16. The van der Waals surface area contributed by atoms with E-state index in [-0.39, 0.29) is 0 Å². The van der Waals surface area contributed by atoms with Gasteiger partial charge in [-0.2, -0.15) is 0 Å². The van der Waals surface area contributed by atoms with E-state index in [9.17, 15) is 9.90 Å². The van der Waals surface area contributed by atoms with Crippen LogP contribution >= 0.6 is 0 Å². The molecule has 20 heavy (non-hydrogen) atoms. The summed E-state index contributed by atoms with van der Waals surface area (Å²) >= 11 is 0. The van der Waals surface area contributed by atoms with E-state index in [0.717, 1.165) is 24.4 Å². The first-order chi connectivity index (χ1) is 9.52. The standard InChI is InChI=1S/C16H24N2O2/c1-3-11-4-7-13(8-5-11)18(2)15-10-12(17)6-9-14(15)16(19)20/h6,9-11,13H,3-5,7-8,17H2,1-2H3,(H,19,20). The highest BCUT2D eigenvalue weighted by molar-refractivity contribution is 5.95. The zero-order valence-electron chi connectivity index (χ0n) is 12.3. The molecule has 0 unspecified atom stereocenters. The summed E-state index contributed by atoms with van der Waals surface area (Å²) in [4.78, 5) is 13.5. The summed E-state index contributed by atoms with van der Waals surface area (Å²) in [5.74, 6) is -0.0615. The number of nitrogens with two attached hydrogens (primary N) is 1. The first-order valence-corrected chi connectivity index (χ1v) is 7.38. The molecule has 2 rings (SSSR count). The van der Waals surface area contributed by atoms with Gasteiger partial charge in [0.15, 0.2) is 0 Å². The van der Waals surface area contributed by atoms with E-state index in [1.165, 1.54) is 19.3 Å². The lowest BCUT2D eigenvalue weighted by Crippen LogP contribution is -2.36. The molecular formula is C16H24N2O2. The van der Waals surface area contributed by atoms with Crippen LogP contribution in [-0.2, 0) is 0 Å². The van der Waals surface area contributed by atoms with Crippen molar-refractivity contribution in [1.29, 1.82) is 0 Å². The van der Waals surface area contributed by atoms with Crippen molar-refractivity contribution < 1.29 is 9.90 Å². The highest BCUT2D eigenvalue weighted by Gasteiger charge is 2.25. The van der Waals surface area contributed by atoms with Gasteiger partial charge in [0.2, 0.25) is 0 Å². The zero-order valence-corrected chi connectivity index (χ0v) is 12.3. The number of carboxylic acid groups (broad SMARTS) is 1. The molecule has 0 radical (unpaired) electrons. The van der Waals surface area contributed by atoms with Crippen molar-refractivity contribution in [3.05, 3.63) is 23.8 Å². The Kier molecular flexibility index (Phi) is 4.53. The van der Waals surface area contributed by atoms with Crippen LogP contribution in [0.4, 0.5) is 11.4 Å². The van der Waals surface area contributed by atoms with Gasteiger partial charge >= 0.3 is 5.97 Å². The normalized spacial score (nSPS) is 22.5. The largest absolute Gasteiger partial charge is 0.478 e. The van der Waals surface area contributed by atoms with Crippen LogP contribution in [0.5, 0.6) is 0 Å². The summed E-state index contributed by atoms with van der Waals surface area (Å²) in [6, 6.07) is 5.43. The summed E-state index contributed by atoms with van der Waals surface area (Å²) in [5.41, 5.74) is 7.50. The molecule has 1 saturated carbocycles. The Morgan fingerprint density at radius 3 is 2.55 bits per heavy atom. The minimum atomic E-state index is -0.894. The molecule has 1 aromatic carbocycles. The molecule has 1 fully saturated rings. The van der Waals surface area contributed by atoms with E-state index in [0.29, 0.717) is 17.3 Å². The third kappa shape index (κ3) is 3.06. The average Bonchev–Trinajstić information content (AvgIpc) is 2.46. The number of benzene rings is 1. The van der Waals surface area contributed by atoms with E-state index in [4.69, 9.17) is 5.73 Å². The molecule has 0 amide bonds. The number of rotatable bonds is 4. The highest BCUT2D eigenvalue weighted by Crippen LogP contribution is 2.33. The van der Waals surface area contributed by atoms with E-state index in [1.54, 1.807) is 18.2 Å². The van der Waals surface area contributed by atoms with Gasteiger partial charge in [-0.25, -0.2) is 4.79 Å². The Labute approximate surface area is 120 Å². The van der Waals surface area contributed by atoms with Gasteiger partial charge < -0.3 is 15.7 Å². The van der Waals surface area contributed by atoms with Gasteiger partial charge in [-0.05, 0) is 49.8 Å². The van der Waals surface area contributed by atoms with Gasteiger partial charge in [-0.3, -0.25) is 0 Å². The van der Waals surface area contributed by atoms with Gasteiger partial charge in [-0.1, -0.05) is 13.3 Å². The minimum Gasteiger partial charge on any atom is -0.478 e. The van der Waals surface area contributed by atoms with Gasteiger partial charge in [0.25, 0.3) is 0 Å². The molecule has 0 aliphatic heterocycles. The first-order valence-electron chi connectivity index (χ1n) is 7.38. The summed E-state index contributed by atoms with van der Waals surface area (Å²) in [6.45, 7) is 2.25. The molecule has 1 aliphatic rings. The smallest absolute Gasteiger partial charge is 0.337 e. The Morgan fingerprint density at radius 2 is 2.00 bits per heavy atom. The molecule has 0 bridgehead atoms. The van der Waals surface area contributed by atoms with Gasteiger partial charge in [0.05, 0.1) is 11.3 Å². The maximum atomic E-state index is 11.4. The maximum Gasteiger partial charge on any atom is 0.337 e. The van der Waals surface area contributed by atoms with E-state index >= 15 is 0 Å². The topological polar surface area (TPSA) is 66.6 Å². The van der Waals surface area contributed by atoms with Crippen LogP contribution in [-0.4, -0.2) is 24.2 Å². The highest BCUT2D eigenvalue weighted by atomic mass is 16.4. The molecule has 0 spiro atoms. The van der Waals surface area contributed by atoms with Crippen molar-refractivity contribution in [3.63, 3.8) is 0 Å². The number of hydrogen-bond donors (Lipinski definition) is 2. The summed E-state index contributed by atoms with van der Waals surface area (Å²) in [6.07, 6.45) is 5.97. The molecule has 1 aromatic rings. The van der Waals surface area contributed by atoms with Crippen molar-refractivity contribution in [3.8, 4) is 0 Å². The summed E-state index contributed by atoms with van der Waals surface area (Å²) in [5, 5.41) is 9.32. The van der Waals surface area contributed by atoms with E-state index < -0.39 is 5.97 Å². The van der Waals surface area contributed by atoms with Crippen molar-refractivity contribution in [2.24, 2.45) is 5.92 Å². The van der Waals surface area contributed by atoms with Crippen molar-refractivity contribution in [2.75, 3.05) is 17.7 Å². The molecule has 0 atom stereocenters. The number of aromatic carboxylic acids is 1. The van der Waals surface area contributed by atoms with Crippen LogP contribution in [0, 0.1) is 5.92 Å².